The van der Waals surface area contributed by atoms with Gasteiger partial charge in [0, 0.05) is 11.3 Å². The lowest BCUT2D eigenvalue weighted by molar-refractivity contribution is 0.0916. The van der Waals surface area contributed by atoms with Crippen molar-refractivity contribution >= 4 is 17.7 Å². The number of ether oxygens (including phenoxy) is 1. The van der Waals surface area contributed by atoms with E-state index in [9.17, 15) is 9.59 Å². The van der Waals surface area contributed by atoms with E-state index in [1.54, 1.807) is 17.0 Å². The zero-order valence-electron chi connectivity index (χ0n) is 13.6. The zero-order chi connectivity index (χ0) is 16.9. The number of benzene rings is 2. The summed E-state index contributed by atoms with van der Waals surface area (Å²) in [6, 6.07) is 16.8. The minimum Gasteiger partial charge on any atom is -0.442 e. The number of carbonyl (C=O) groups is 2. The lowest BCUT2D eigenvalue weighted by Gasteiger charge is -2.13. The van der Waals surface area contributed by atoms with Crippen molar-refractivity contribution in [2.24, 2.45) is 0 Å². The van der Waals surface area contributed by atoms with Crippen LogP contribution in [0.25, 0.3) is 0 Å². The maximum Gasteiger partial charge on any atom is 0.414 e. The number of cyclic esters (lactones) is 1. The third-order valence-electron chi connectivity index (χ3n) is 4.06. The van der Waals surface area contributed by atoms with E-state index in [0.29, 0.717) is 18.7 Å². The fourth-order valence-corrected chi connectivity index (χ4v) is 2.65. The van der Waals surface area contributed by atoms with E-state index in [2.05, 4.69) is 12.2 Å². The van der Waals surface area contributed by atoms with Gasteiger partial charge in [0.15, 0.2) is 0 Å². The Morgan fingerprint density at radius 3 is 2.54 bits per heavy atom. The molecule has 124 valence electrons. The molecule has 0 radical (unpaired) electrons. The Bertz CT molecular complexity index is 713. The van der Waals surface area contributed by atoms with Crippen LogP contribution in [0, 0.1) is 0 Å². The van der Waals surface area contributed by atoms with E-state index >= 15 is 0 Å². The molecule has 0 aliphatic carbocycles. The number of nitrogens with one attached hydrogen (secondary N) is 1. The van der Waals surface area contributed by atoms with Gasteiger partial charge in [-0.1, -0.05) is 37.3 Å². The van der Waals surface area contributed by atoms with Crippen molar-refractivity contribution in [3.8, 4) is 0 Å². The molecule has 0 aromatic heterocycles. The number of rotatable bonds is 5. The van der Waals surface area contributed by atoms with Gasteiger partial charge in [-0.2, -0.15) is 0 Å². The van der Waals surface area contributed by atoms with Gasteiger partial charge in [0.1, 0.15) is 6.10 Å². The zero-order valence-corrected chi connectivity index (χ0v) is 13.6. The van der Waals surface area contributed by atoms with E-state index in [1.807, 2.05) is 42.5 Å². The van der Waals surface area contributed by atoms with Crippen LogP contribution in [0.15, 0.2) is 54.6 Å². The highest BCUT2D eigenvalue weighted by Gasteiger charge is 2.32. The van der Waals surface area contributed by atoms with Crippen molar-refractivity contribution in [1.82, 2.24) is 5.32 Å². The Kier molecular flexibility index (Phi) is 4.79. The maximum atomic E-state index is 12.0. The van der Waals surface area contributed by atoms with Gasteiger partial charge in [-0.05, 0) is 36.2 Å². The first-order valence-electron chi connectivity index (χ1n) is 8.07. The molecule has 1 heterocycles. The van der Waals surface area contributed by atoms with Gasteiger partial charge in [-0.3, -0.25) is 9.69 Å². The summed E-state index contributed by atoms with van der Waals surface area (Å²) < 4.78 is 5.34. The van der Waals surface area contributed by atoms with Crippen LogP contribution in [0.5, 0.6) is 0 Å². The number of anilines is 1. The Balaban J connectivity index is 1.57. The maximum absolute atomic E-state index is 12.0. The van der Waals surface area contributed by atoms with Crippen molar-refractivity contribution in [3.05, 3.63) is 65.7 Å². The van der Waals surface area contributed by atoms with Crippen LogP contribution >= 0.6 is 0 Å². The Morgan fingerprint density at radius 1 is 1.17 bits per heavy atom. The normalized spacial score (nSPS) is 16.8. The van der Waals surface area contributed by atoms with E-state index in [0.717, 1.165) is 12.1 Å². The molecule has 1 saturated heterocycles. The first-order valence-corrected chi connectivity index (χ1v) is 8.07. The van der Waals surface area contributed by atoms with E-state index < -0.39 is 0 Å². The molecule has 2 aromatic rings. The van der Waals surface area contributed by atoms with Gasteiger partial charge in [0.05, 0.1) is 13.1 Å². The second-order valence-corrected chi connectivity index (χ2v) is 5.71. The molecule has 1 atom stereocenters. The molecule has 2 amide bonds. The quantitative estimate of drug-likeness (QED) is 0.920. The summed E-state index contributed by atoms with van der Waals surface area (Å²) >= 11 is 0. The Labute approximate surface area is 141 Å². The Morgan fingerprint density at radius 2 is 1.88 bits per heavy atom. The average Bonchev–Trinajstić information content (AvgIpc) is 3.01. The van der Waals surface area contributed by atoms with Crippen LogP contribution in [0.2, 0.25) is 0 Å². The highest BCUT2D eigenvalue weighted by Crippen LogP contribution is 2.22. The second-order valence-electron chi connectivity index (χ2n) is 5.71. The SMILES string of the molecule is CCc1ccc(N2CC(CNC(=O)c3ccccc3)OC2=O)cc1. The van der Waals surface area contributed by atoms with Gasteiger partial charge < -0.3 is 10.1 Å². The monoisotopic (exact) mass is 324 g/mol. The summed E-state index contributed by atoms with van der Waals surface area (Å²) in [7, 11) is 0. The third-order valence-corrected chi connectivity index (χ3v) is 4.06. The Hall–Kier alpha value is -2.82. The minimum absolute atomic E-state index is 0.169. The van der Waals surface area contributed by atoms with Gasteiger partial charge in [-0.15, -0.1) is 0 Å². The highest BCUT2D eigenvalue weighted by atomic mass is 16.6. The van der Waals surface area contributed by atoms with Crippen LogP contribution in [-0.2, 0) is 11.2 Å². The van der Waals surface area contributed by atoms with Crippen LogP contribution in [0.4, 0.5) is 10.5 Å². The number of carbonyl (C=O) groups excluding carboxylic acids is 2. The summed E-state index contributed by atoms with van der Waals surface area (Å²) in [5.41, 5.74) is 2.63. The van der Waals surface area contributed by atoms with Gasteiger partial charge in [-0.25, -0.2) is 4.79 Å². The van der Waals surface area contributed by atoms with Crippen molar-refractivity contribution in [2.75, 3.05) is 18.0 Å². The molecule has 1 N–H and O–H groups in total. The predicted octanol–water partition coefficient (Wildman–Crippen LogP) is 3.00. The van der Waals surface area contributed by atoms with E-state index in [-0.39, 0.29) is 18.1 Å². The molecule has 0 bridgehead atoms. The molecule has 0 saturated carbocycles. The molecule has 2 aromatic carbocycles. The fraction of sp³-hybridized carbons (Fsp3) is 0.263. The van der Waals surface area contributed by atoms with Crippen molar-refractivity contribution in [2.45, 2.75) is 19.4 Å². The minimum atomic E-state index is -0.377. The van der Waals surface area contributed by atoms with Crippen LogP contribution in [-0.4, -0.2) is 31.2 Å². The molecule has 1 aliphatic rings. The lowest BCUT2D eigenvalue weighted by atomic mass is 10.1. The first kappa shape index (κ1) is 16.1. The van der Waals surface area contributed by atoms with Crippen LogP contribution in [0.3, 0.4) is 0 Å². The lowest BCUT2D eigenvalue weighted by Crippen LogP contribution is -2.34. The molecule has 1 fully saturated rings. The fourth-order valence-electron chi connectivity index (χ4n) is 2.65. The molecule has 5 heteroatoms. The average molecular weight is 324 g/mol. The number of hydrogen-bond acceptors (Lipinski definition) is 3. The number of amides is 2. The van der Waals surface area contributed by atoms with Crippen molar-refractivity contribution < 1.29 is 14.3 Å². The highest BCUT2D eigenvalue weighted by molar-refractivity contribution is 5.94. The molecule has 1 unspecified atom stereocenters. The van der Waals surface area contributed by atoms with E-state index in [4.69, 9.17) is 4.74 Å². The largest absolute Gasteiger partial charge is 0.442 e. The molecule has 0 spiro atoms. The van der Waals surface area contributed by atoms with Crippen molar-refractivity contribution in [1.29, 1.82) is 0 Å². The molecular weight excluding hydrogens is 304 g/mol. The summed E-state index contributed by atoms with van der Waals surface area (Å²) in [6.45, 7) is 2.81. The summed E-state index contributed by atoms with van der Waals surface area (Å²) in [5.74, 6) is -0.169. The van der Waals surface area contributed by atoms with Gasteiger partial charge in [0.2, 0.25) is 0 Å². The number of aryl methyl sites for hydroxylation is 1. The van der Waals surface area contributed by atoms with E-state index in [1.165, 1.54) is 5.56 Å². The smallest absolute Gasteiger partial charge is 0.414 e. The predicted molar refractivity (Wildman–Crippen MR) is 92.2 cm³/mol. The topological polar surface area (TPSA) is 58.6 Å². The van der Waals surface area contributed by atoms with Gasteiger partial charge in [0.25, 0.3) is 5.91 Å². The molecule has 1 aliphatic heterocycles. The summed E-state index contributed by atoms with van der Waals surface area (Å²) in [6.07, 6.45) is 0.230. The third kappa shape index (κ3) is 3.56. The summed E-state index contributed by atoms with van der Waals surface area (Å²) in [5, 5.41) is 2.81. The molecular formula is C19H20N2O3. The first-order chi connectivity index (χ1) is 11.7. The van der Waals surface area contributed by atoms with Crippen molar-refractivity contribution in [3.63, 3.8) is 0 Å². The molecule has 5 nitrogen and oxygen atoms in total. The summed E-state index contributed by atoms with van der Waals surface area (Å²) in [4.78, 5) is 25.7. The van der Waals surface area contributed by atoms with Gasteiger partial charge >= 0.3 is 6.09 Å². The molecule has 24 heavy (non-hydrogen) atoms. The number of nitrogens with zero attached hydrogens (tertiary/aromatic N) is 1. The van der Waals surface area contributed by atoms with Crippen LogP contribution in [0.1, 0.15) is 22.8 Å². The number of hydrogen-bond donors (Lipinski definition) is 1. The standard InChI is InChI=1S/C19H20N2O3/c1-2-14-8-10-16(11-9-14)21-13-17(24-19(21)23)12-20-18(22)15-6-4-3-5-7-15/h3-11,17H,2,12-13H2,1H3,(H,20,22). The second kappa shape index (κ2) is 7.17. The molecule has 3 rings (SSSR count). The van der Waals surface area contributed by atoms with Crippen LogP contribution < -0.4 is 10.2 Å².